The lowest BCUT2D eigenvalue weighted by atomic mass is 10.0. The molecular formula is C20H16N2OS2. The van der Waals surface area contributed by atoms with Crippen LogP contribution in [-0.2, 0) is 6.54 Å². The van der Waals surface area contributed by atoms with Crippen LogP contribution in [0.2, 0.25) is 0 Å². The number of thiophene rings is 1. The molecule has 0 atom stereocenters. The van der Waals surface area contributed by atoms with Gasteiger partial charge in [-0.2, -0.15) is 0 Å². The summed E-state index contributed by atoms with van der Waals surface area (Å²) in [6, 6.07) is 18.5. The zero-order chi connectivity index (χ0) is 17.2. The standard InChI is InChI=1S/C20H16N2OS2/c1-22(13-15-8-4-7-14-6-2-3-9-16(14)15)20(23)18-12-21-19(25-18)17-10-5-11-24-17/h2-12H,13H2,1H3. The van der Waals surface area contributed by atoms with E-state index in [9.17, 15) is 4.79 Å². The first-order valence-electron chi connectivity index (χ1n) is 7.94. The van der Waals surface area contributed by atoms with Gasteiger partial charge in [0.1, 0.15) is 9.88 Å². The summed E-state index contributed by atoms with van der Waals surface area (Å²) in [5.74, 6) is 0.00763. The maximum absolute atomic E-state index is 12.8. The highest BCUT2D eigenvalue weighted by Crippen LogP contribution is 2.29. The lowest BCUT2D eigenvalue weighted by molar-refractivity contribution is 0.0790. The maximum atomic E-state index is 12.8. The van der Waals surface area contributed by atoms with E-state index in [4.69, 9.17) is 0 Å². The van der Waals surface area contributed by atoms with Gasteiger partial charge in [0.2, 0.25) is 0 Å². The number of nitrogens with zero attached hydrogens (tertiary/aromatic N) is 2. The number of carbonyl (C=O) groups is 1. The van der Waals surface area contributed by atoms with Crippen LogP contribution in [0.5, 0.6) is 0 Å². The van der Waals surface area contributed by atoms with Gasteiger partial charge < -0.3 is 4.90 Å². The number of benzene rings is 2. The van der Waals surface area contributed by atoms with Gasteiger partial charge in [-0.25, -0.2) is 4.98 Å². The molecule has 2 aromatic carbocycles. The summed E-state index contributed by atoms with van der Waals surface area (Å²) in [7, 11) is 1.84. The van der Waals surface area contributed by atoms with Crippen LogP contribution in [0.25, 0.3) is 20.7 Å². The Kier molecular flexibility index (Phi) is 4.34. The van der Waals surface area contributed by atoms with Crippen LogP contribution < -0.4 is 0 Å². The number of hydrogen-bond acceptors (Lipinski definition) is 4. The van der Waals surface area contributed by atoms with E-state index in [1.165, 1.54) is 22.1 Å². The Balaban J connectivity index is 1.56. The number of carbonyl (C=O) groups excluding carboxylic acids is 1. The van der Waals surface area contributed by atoms with E-state index in [-0.39, 0.29) is 5.91 Å². The summed E-state index contributed by atoms with van der Waals surface area (Å²) in [5, 5.41) is 5.30. The molecule has 5 heteroatoms. The van der Waals surface area contributed by atoms with E-state index in [0.717, 1.165) is 15.4 Å². The zero-order valence-corrected chi connectivity index (χ0v) is 15.3. The van der Waals surface area contributed by atoms with E-state index in [0.29, 0.717) is 11.4 Å². The molecule has 2 heterocycles. The van der Waals surface area contributed by atoms with Gasteiger partial charge >= 0.3 is 0 Å². The monoisotopic (exact) mass is 364 g/mol. The molecule has 0 saturated heterocycles. The van der Waals surface area contributed by atoms with E-state index >= 15 is 0 Å². The first-order chi connectivity index (χ1) is 12.2. The fourth-order valence-electron chi connectivity index (χ4n) is 2.83. The van der Waals surface area contributed by atoms with Crippen molar-refractivity contribution in [3.8, 4) is 9.88 Å². The third kappa shape index (κ3) is 3.21. The van der Waals surface area contributed by atoms with Crippen LogP contribution in [0.15, 0.2) is 66.2 Å². The Morgan fingerprint density at radius 1 is 1.08 bits per heavy atom. The number of hydrogen-bond donors (Lipinski definition) is 0. The summed E-state index contributed by atoms with van der Waals surface area (Å²) in [6.07, 6.45) is 1.68. The minimum Gasteiger partial charge on any atom is -0.337 e. The molecule has 2 aromatic heterocycles. The molecule has 1 amide bonds. The van der Waals surface area contributed by atoms with Crippen LogP contribution in [0.3, 0.4) is 0 Å². The molecule has 124 valence electrons. The summed E-state index contributed by atoms with van der Waals surface area (Å²) < 4.78 is 0. The van der Waals surface area contributed by atoms with Crippen molar-refractivity contribution in [2.75, 3.05) is 7.05 Å². The van der Waals surface area contributed by atoms with Crippen molar-refractivity contribution >= 4 is 39.4 Å². The van der Waals surface area contributed by atoms with Gasteiger partial charge in [-0.3, -0.25) is 4.79 Å². The Morgan fingerprint density at radius 2 is 1.92 bits per heavy atom. The van der Waals surface area contributed by atoms with E-state index < -0.39 is 0 Å². The predicted octanol–water partition coefficient (Wildman–Crippen LogP) is 5.30. The van der Waals surface area contributed by atoms with Crippen molar-refractivity contribution in [2.24, 2.45) is 0 Å². The lowest BCUT2D eigenvalue weighted by Crippen LogP contribution is -2.25. The third-order valence-electron chi connectivity index (χ3n) is 4.08. The fourth-order valence-corrected chi connectivity index (χ4v) is 4.55. The van der Waals surface area contributed by atoms with Crippen molar-refractivity contribution in [3.63, 3.8) is 0 Å². The second kappa shape index (κ2) is 6.78. The summed E-state index contributed by atoms with van der Waals surface area (Å²) >= 11 is 3.09. The largest absolute Gasteiger partial charge is 0.337 e. The van der Waals surface area contributed by atoms with E-state index in [2.05, 4.69) is 29.2 Å². The Hall–Kier alpha value is -2.50. The highest BCUT2D eigenvalue weighted by atomic mass is 32.1. The molecule has 0 radical (unpaired) electrons. The second-order valence-electron chi connectivity index (χ2n) is 5.81. The molecule has 0 N–H and O–H groups in total. The molecule has 0 spiro atoms. The lowest BCUT2D eigenvalue weighted by Gasteiger charge is -2.17. The van der Waals surface area contributed by atoms with Gasteiger partial charge in [-0.05, 0) is 27.8 Å². The highest BCUT2D eigenvalue weighted by Gasteiger charge is 2.17. The van der Waals surface area contributed by atoms with Gasteiger partial charge in [-0.15, -0.1) is 22.7 Å². The minimum atomic E-state index is 0.00763. The summed E-state index contributed by atoms with van der Waals surface area (Å²) in [6.45, 7) is 0.576. The van der Waals surface area contributed by atoms with Gasteiger partial charge in [0.05, 0.1) is 11.1 Å². The molecule has 3 nitrogen and oxygen atoms in total. The second-order valence-corrected chi connectivity index (χ2v) is 7.78. The predicted molar refractivity (Wildman–Crippen MR) is 105 cm³/mol. The highest BCUT2D eigenvalue weighted by molar-refractivity contribution is 7.21. The average Bonchev–Trinajstić information content (AvgIpc) is 3.32. The molecule has 0 unspecified atom stereocenters. The van der Waals surface area contributed by atoms with Gasteiger partial charge in [0, 0.05) is 13.6 Å². The van der Waals surface area contributed by atoms with E-state index in [1.807, 2.05) is 42.8 Å². The Morgan fingerprint density at radius 3 is 2.76 bits per heavy atom. The smallest absolute Gasteiger partial charge is 0.265 e. The Labute approximate surface area is 154 Å². The van der Waals surface area contributed by atoms with Gasteiger partial charge in [0.25, 0.3) is 5.91 Å². The SMILES string of the molecule is CN(Cc1cccc2ccccc12)C(=O)c1cnc(-c2cccs2)s1. The quantitative estimate of drug-likeness (QED) is 0.492. The number of amides is 1. The Bertz CT molecular complexity index is 1020. The topological polar surface area (TPSA) is 33.2 Å². The number of aromatic nitrogens is 1. The summed E-state index contributed by atoms with van der Waals surface area (Å²) in [4.78, 5) is 20.7. The average molecular weight is 364 g/mol. The summed E-state index contributed by atoms with van der Waals surface area (Å²) in [5.41, 5.74) is 1.15. The normalized spacial score (nSPS) is 10.9. The number of fused-ring (bicyclic) bond motifs is 1. The molecule has 4 aromatic rings. The fraction of sp³-hybridized carbons (Fsp3) is 0.100. The van der Waals surface area contributed by atoms with Crippen LogP contribution in [0.1, 0.15) is 15.2 Å². The van der Waals surface area contributed by atoms with Crippen LogP contribution in [0.4, 0.5) is 0 Å². The van der Waals surface area contributed by atoms with Crippen molar-refractivity contribution in [1.82, 2.24) is 9.88 Å². The van der Waals surface area contributed by atoms with Crippen LogP contribution in [-0.4, -0.2) is 22.8 Å². The first kappa shape index (κ1) is 16.0. The molecule has 4 rings (SSSR count). The molecule has 25 heavy (non-hydrogen) atoms. The first-order valence-corrected chi connectivity index (χ1v) is 9.64. The molecule has 0 aliphatic rings. The maximum Gasteiger partial charge on any atom is 0.265 e. The van der Waals surface area contributed by atoms with Crippen LogP contribution >= 0.6 is 22.7 Å². The molecular weight excluding hydrogens is 348 g/mol. The molecule has 0 aliphatic heterocycles. The molecule has 0 saturated carbocycles. The minimum absolute atomic E-state index is 0.00763. The van der Waals surface area contributed by atoms with Gasteiger partial charge in [0.15, 0.2) is 0 Å². The van der Waals surface area contributed by atoms with Crippen molar-refractivity contribution in [3.05, 3.63) is 76.6 Å². The molecule has 0 aliphatic carbocycles. The van der Waals surface area contributed by atoms with Gasteiger partial charge in [-0.1, -0.05) is 48.5 Å². The van der Waals surface area contributed by atoms with Crippen molar-refractivity contribution < 1.29 is 4.79 Å². The number of rotatable bonds is 4. The van der Waals surface area contributed by atoms with Crippen molar-refractivity contribution in [1.29, 1.82) is 0 Å². The number of thiazole rings is 1. The van der Waals surface area contributed by atoms with Crippen LogP contribution in [0, 0.1) is 0 Å². The molecule has 0 bridgehead atoms. The van der Waals surface area contributed by atoms with Crippen molar-refractivity contribution in [2.45, 2.75) is 6.54 Å². The zero-order valence-electron chi connectivity index (χ0n) is 13.7. The third-order valence-corrected chi connectivity index (χ3v) is 6.11. The van der Waals surface area contributed by atoms with E-state index in [1.54, 1.807) is 22.4 Å². The molecule has 0 fully saturated rings.